The van der Waals surface area contributed by atoms with Crippen LogP contribution in [0.15, 0.2) is 41.2 Å². The molecular weight excluding hydrogens is 308 g/mol. The number of carbonyl (C=O) groups is 1. The number of hydrogen-bond acceptors (Lipinski definition) is 3. The van der Waals surface area contributed by atoms with Crippen molar-refractivity contribution < 1.29 is 9.53 Å². The summed E-state index contributed by atoms with van der Waals surface area (Å²) in [5, 5.41) is 5.52. The Bertz CT molecular complexity index is 942. The van der Waals surface area contributed by atoms with Crippen LogP contribution in [-0.4, -0.2) is 23.1 Å². The van der Waals surface area contributed by atoms with E-state index < -0.39 is 6.03 Å². The average Bonchev–Trinajstić information content (AvgIpc) is 2.94. The van der Waals surface area contributed by atoms with Crippen LogP contribution in [0.25, 0.3) is 11.0 Å². The largest absolute Gasteiger partial charge is 0.495 e. The zero-order chi connectivity index (χ0) is 17.1. The van der Waals surface area contributed by atoms with Crippen LogP contribution in [0.3, 0.4) is 0 Å². The number of benzene rings is 2. The molecule has 24 heavy (non-hydrogen) atoms. The molecule has 124 valence electrons. The lowest BCUT2D eigenvalue weighted by Crippen LogP contribution is -2.19. The van der Waals surface area contributed by atoms with Gasteiger partial charge in [0, 0.05) is 5.69 Å². The van der Waals surface area contributed by atoms with E-state index in [0.29, 0.717) is 28.2 Å². The van der Waals surface area contributed by atoms with Crippen LogP contribution in [0.2, 0.25) is 0 Å². The zero-order valence-corrected chi connectivity index (χ0v) is 13.4. The van der Waals surface area contributed by atoms with Gasteiger partial charge in [-0.2, -0.15) is 0 Å². The highest BCUT2D eigenvalue weighted by molar-refractivity contribution is 6.01. The summed E-state index contributed by atoms with van der Waals surface area (Å²) < 4.78 is 5.27. The number of aromatic amines is 2. The summed E-state index contributed by atoms with van der Waals surface area (Å²) in [6, 6.07) is 10.4. The van der Waals surface area contributed by atoms with Gasteiger partial charge in [0.2, 0.25) is 0 Å². The highest BCUT2D eigenvalue weighted by atomic mass is 16.5. The molecule has 0 saturated carbocycles. The second-order valence-electron chi connectivity index (χ2n) is 5.31. The fraction of sp³-hybridized carbons (Fsp3) is 0.176. The maximum Gasteiger partial charge on any atom is 0.323 e. The molecule has 0 unspecified atom stereocenters. The topological polar surface area (TPSA) is 99.0 Å². The molecule has 0 aliphatic rings. The standard InChI is InChI=1S/C17H18N4O3/c1-3-10-4-7-15(24-2)14(8-10)21-16(22)18-11-5-6-12-13(9-11)20-17(23)19-12/h4-9H,3H2,1-2H3,(H2,18,21,22)(H2,19,20,23). The number of anilines is 2. The van der Waals surface area contributed by atoms with Crippen molar-refractivity contribution in [1.29, 1.82) is 0 Å². The molecule has 7 nitrogen and oxygen atoms in total. The second kappa shape index (κ2) is 6.49. The van der Waals surface area contributed by atoms with E-state index in [1.54, 1.807) is 25.3 Å². The SMILES string of the molecule is CCc1ccc(OC)c(NC(=O)Nc2ccc3[nH]c(=O)[nH]c3c2)c1. The quantitative estimate of drug-likeness (QED) is 0.593. The molecule has 0 aliphatic carbocycles. The highest BCUT2D eigenvalue weighted by Gasteiger charge is 2.09. The maximum absolute atomic E-state index is 12.2. The Morgan fingerprint density at radius 1 is 1.08 bits per heavy atom. The number of carbonyl (C=O) groups excluding carboxylic acids is 1. The van der Waals surface area contributed by atoms with Crippen molar-refractivity contribution in [3.8, 4) is 5.75 Å². The minimum atomic E-state index is -0.390. The van der Waals surface area contributed by atoms with E-state index in [2.05, 4.69) is 20.6 Å². The van der Waals surface area contributed by atoms with Crippen molar-refractivity contribution in [2.75, 3.05) is 17.7 Å². The molecule has 0 bridgehead atoms. The Kier molecular flexibility index (Phi) is 4.24. The zero-order valence-electron chi connectivity index (χ0n) is 13.4. The number of rotatable bonds is 4. The molecule has 3 aromatic rings. The lowest BCUT2D eigenvalue weighted by molar-refractivity contribution is 0.262. The molecule has 3 rings (SSSR count). The van der Waals surface area contributed by atoms with Crippen molar-refractivity contribution in [3.63, 3.8) is 0 Å². The van der Waals surface area contributed by atoms with Gasteiger partial charge in [-0.05, 0) is 42.3 Å². The average molecular weight is 326 g/mol. The third-order valence-corrected chi connectivity index (χ3v) is 3.69. The van der Waals surface area contributed by atoms with E-state index in [1.165, 1.54) is 0 Å². The van der Waals surface area contributed by atoms with Crippen LogP contribution in [0.1, 0.15) is 12.5 Å². The number of imidazole rings is 1. The van der Waals surface area contributed by atoms with Gasteiger partial charge in [0.15, 0.2) is 0 Å². The number of amides is 2. The van der Waals surface area contributed by atoms with Crippen LogP contribution < -0.4 is 21.1 Å². The minimum absolute atomic E-state index is 0.285. The number of ether oxygens (including phenoxy) is 1. The first-order valence-electron chi connectivity index (χ1n) is 7.56. The van der Waals surface area contributed by atoms with Crippen molar-refractivity contribution >= 4 is 28.4 Å². The number of urea groups is 1. The summed E-state index contributed by atoms with van der Waals surface area (Å²) in [4.78, 5) is 28.8. The Balaban J connectivity index is 1.78. The third-order valence-electron chi connectivity index (χ3n) is 3.69. The van der Waals surface area contributed by atoms with Crippen molar-refractivity contribution in [3.05, 3.63) is 52.4 Å². The summed E-state index contributed by atoms with van der Waals surface area (Å²) in [5.74, 6) is 0.591. The van der Waals surface area contributed by atoms with E-state index in [-0.39, 0.29) is 5.69 Å². The first kappa shape index (κ1) is 15.7. The number of aromatic nitrogens is 2. The molecule has 1 aromatic heterocycles. The van der Waals surface area contributed by atoms with Crippen LogP contribution in [-0.2, 0) is 6.42 Å². The molecule has 0 spiro atoms. The summed E-state index contributed by atoms with van der Waals surface area (Å²) in [6.07, 6.45) is 0.859. The van der Waals surface area contributed by atoms with Gasteiger partial charge in [-0.25, -0.2) is 9.59 Å². The van der Waals surface area contributed by atoms with E-state index in [1.807, 2.05) is 25.1 Å². The molecule has 0 radical (unpaired) electrons. The van der Waals surface area contributed by atoms with Gasteiger partial charge >= 0.3 is 11.7 Å². The first-order chi connectivity index (χ1) is 11.6. The van der Waals surface area contributed by atoms with Gasteiger partial charge in [0.1, 0.15) is 5.75 Å². The third kappa shape index (κ3) is 3.24. The van der Waals surface area contributed by atoms with Gasteiger partial charge in [0.25, 0.3) is 0 Å². The van der Waals surface area contributed by atoms with Crippen LogP contribution in [0.5, 0.6) is 5.75 Å². The number of H-pyrrole nitrogens is 2. The molecule has 0 aliphatic heterocycles. The van der Waals surface area contributed by atoms with Gasteiger partial charge in [-0.15, -0.1) is 0 Å². The smallest absolute Gasteiger partial charge is 0.323 e. The predicted molar refractivity (Wildman–Crippen MR) is 93.9 cm³/mol. The van der Waals surface area contributed by atoms with Crippen LogP contribution >= 0.6 is 0 Å². The normalized spacial score (nSPS) is 10.6. The molecule has 7 heteroatoms. The number of hydrogen-bond donors (Lipinski definition) is 4. The maximum atomic E-state index is 12.2. The molecule has 0 fully saturated rings. The Morgan fingerprint density at radius 2 is 1.88 bits per heavy atom. The first-order valence-corrected chi connectivity index (χ1v) is 7.56. The van der Waals surface area contributed by atoms with Gasteiger partial charge < -0.3 is 25.3 Å². The molecule has 2 aromatic carbocycles. The number of aryl methyl sites for hydroxylation is 1. The summed E-state index contributed by atoms with van der Waals surface area (Å²) in [7, 11) is 1.56. The van der Waals surface area contributed by atoms with Crippen LogP contribution in [0.4, 0.5) is 16.2 Å². The lowest BCUT2D eigenvalue weighted by atomic mass is 10.1. The Morgan fingerprint density at radius 3 is 2.62 bits per heavy atom. The van der Waals surface area contributed by atoms with E-state index in [0.717, 1.165) is 12.0 Å². The summed E-state index contributed by atoms with van der Waals surface area (Å²) in [5.41, 5.74) is 3.29. The van der Waals surface area contributed by atoms with Crippen molar-refractivity contribution in [2.24, 2.45) is 0 Å². The number of methoxy groups -OCH3 is 1. The van der Waals surface area contributed by atoms with Gasteiger partial charge in [-0.3, -0.25) is 0 Å². The summed E-state index contributed by atoms with van der Waals surface area (Å²) in [6.45, 7) is 2.04. The van der Waals surface area contributed by atoms with E-state index >= 15 is 0 Å². The fourth-order valence-electron chi connectivity index (χ4n) is 2.47. The lowest BCUT2D eigenvalue weighted by Gasteiger charge is -2.12. The Hall–Kier alpha value is -3.22. The second-order valence-corrected chi connectivity index (χ2v) is 5.31. The van der Waals surface area contributed by atoms with Gasteiger partial charge in [-0.1, -0.05) is 13.0 Å². The van der Waals surface area contributed by atoms with E-state index in [9.17, 15) is 9.59 Å². The molecule has 4 N–H and O–H groups in total. The monoisotopic (exact) mass is 326 g/mol. The van der Waals surface area contributed by atoms with Crippen LogP contribution in [0, 0.1) is 0 Å². The Labute approximate surface area is 138 Å². The molecule has 2 amide bonds. The molecule has 1 heterocycles. The molecule has 0 atom stereocenters. The minimum Gasteiger partial charge on any atom is -0.495 e. The molecule has 0 saturated heterocycles. The summed E-state index contributed by atoms with van der Waals surface area (Å²) >= 11 is 0. The van der Waals surface area contributed by atoms with Gasteiger partial charge in [0.05, 0.1) is 23.8 Å². The molecular formula is C17H18N4O3. The highest BCUT2D eigenvalue weighted by Crippen LogP contribution is 2.26. The van der Waals surface area contributed by atoms with Crippen molar-refractivity contribution in [2.45, 2.75) is 13.3 Å². The van der Waals surface area contributed by atoms with Crippen molar-refractivity contribution in [1.82, 2.24) is 9.97 Å². The fourth-order valence-corrected chi connectivity index (χ4v) is 2.47. The van der Waals surface area contributed by atoms with E-state index in [4.69, 9.17) is 4.74 Å². The predicted octanol–water partition coefficient (Wildman–Crippen LogP) is 3.07. The number of fused-ring (bicyclic) bond motifs is 1. The number of nitrogens with one attached hydrogen (secondary N) is 4.